The molecule has 0 aliphatic rings. The first-order valence-corrected chi connectivity index (χ1v) is 7.43. The zero-order chi connectivity index (χ0) is 14.5. The lowest BCUT2D eigenvalue weighted by atomic mass is 10.1. The minimum Gasteiger partial charge on any atom is -0.495 e. The smallest absolute Gasteiger partial charge is 0.141 e. The molecule has 0 bridgehead atoms. The molecule has 108 valence electrons. The Morgan fingerprint density at radius 1 is 1.35 bits per heavy atom. The Morgan fingerprint density at radius 3 is 2.75 bits per heavy atom. The van der Waals surface area contributed by atoms with Gasteiger partial charge in [-0.25, -0.2) is 4.98 Å². The Hall–Kier alpha value is -1.59. The van der Waals surface area contributed by atoms with Crippen molar-refractivity contribution in [1.29, 1.82) is 0 Å². The van der Waals surface area contributed by atoms with Crippen molar-refractivity contribution < 1.29 is 4.74 Å². The van der Waals surface area contributed by atoms with Crippen LogP contribution >= 0.6 is 11.3 Å². The van der Waals surface area contributed by atoms with E-state index in [1.54, 1.807) is 18.4 Å². The van der Waals surface area contributed by atoms with Crippen molar-refractivity contribution in [2.45, 2.75) is 20.0 Å². The SMILES string of the molecule is COc1ccc(CN(C)C)cc1NCc1nc(C)cs1. The largest absolute Gasteiger partial charge is 0.495 e. The molecule has 20 heavy (non-hydrogen) atoms. The lowest BCUT2D eigenvalue weighted by Crippen LogP contribution is -2.11. The Kier molecular flexibility index (Phi) is 4.98. The van der Waals surface area contributed by atoms with E-state index >= 15 is 0 Å². The predicted octanol–water partition coefficient (Wildman–Crippen LogP) is 3.13. The summed E-state index contributed by atoms with van der Waals surface area (Å²) in [6.07, 6.45) is 0. The summed E-state index contributed by atoms with van der Waals surface area (Å²) in [4.78, 5) is 6.61. The number of nitrogens with zero attached hydrogens (tertiary/aromatic N) is 2. The first-order valence-electron chi connectivity index (χ1n) is 6.55. The van der Waals surface area contributed by atoms with Gasteiger partial charge in [-0.1, -0.05) is 6.07 Å². The van der Waals surface area contributed by atoms with Crippen LogP contribution in [0.1, 0.15) is 16.3 Å². The number of anilines is 1. The summed E-state index contributed by atoms with van der Waals surface area (Å²) in [5.41, 5.74) is 3.34. The second-order valence-corrected chi connectivity index (χ2v) is 5.95. The number of benzene rings is 1. The maximum atomic E-state index is 5.41. The number of ether oxygens (including phenoxy) is 1. The van der Waals surface area contributed by atoms with Gasteiger partial charge in [0.15, 0.2) is 0 Å². The standard InChI is InChI=1S/C15H21N3OS/c1-11-10-20-15(17-11)8-16-13-7-12(9-18(2)3)5-6-14(13)19-4/h5-7,10,16H,8-9H2,1-4H3. The summed E-state index contributed by atoms with van der Waals surface area (Å²) in [7, 11) is 5.82. The van der Waals surface area contributed by atoms with E-state index in [-0.39, 0.29) is 0 Å². The van der Waals surface area contributed by atoms with E-state index < -0.39 is 0 Å². The van der Waals surface area contributed by atoms with Crippen LogP contribution in [0, 0.1) is 6.92 Å². The third kappa shape index (κ3) is 3.95. The van der Waals surface area contributed by atoms with Crippen LogP contribution < -0.4 is 10.1 Å². The molecule has 2 rings (SSSR count). The van der Waals surface area contributed by atoms with Crippen LogP contribution in [-0.4, -0.2) is 31.1 Å². The second-order valence-electron chi connectivity index (χ2n) is 5.01. The van der Waals surface area contributed by atoms with Gasteiger partial charge < -0.3 is 15.0 Å². The van der Waals surface area contributed by atoms with E-state index in [1.807, 2.05) is 13.0 Å². The first-order chi connectivity index (χ1) is 9.58. The van der Waals surface area contributed by atoms with Crippen LogP contribution in [-0.2, 0) is 13.1 Å². The maximum absolute atomic E-state index is 5.41. The minimum atomic E-state index is 0.723. The zero-order valence-corrected chi connectivity index (χ0v) is 13.3. The van der Waals surface area contributed by atoms with Crippen LogP contribution in [0.4, 0.5) is 5.69 Å². The maximum Gasteiger partial charge on any atom is 0.141 e. The molecule has 0 unspecified atom stereocenters. The van der Waals surface area contributed by atoms with Gasteiger partial charge in [0.05, 0.1) is 19.3 Å². The normalized spacial score (nSPS) is 10.8. The molecule has 1 aromatic heterocycles. The molecular formula is C15H21N3OS. The number of methoxy groups -OCH3 is 1. The van der Waals surface area contributed by atoms with Crippen LogP contribution in [0.15, 0.2) is 23.6 Å². The van der Waals surface area contributed by atoms with Gasteiger partial charge in [-0.2, -0.15) is 0 Å². The highest BCUT2D eigenvalue weighted by Gasteiger charge is 2.06. The molecule has 0 spiro atoms. The van der Waals surface area contributed by atoms with E-state index in [1.165, 1.54) is 5.56 Å². The van der Waals surface area contributed by atoms with Gasteiger partial charge in [0.25, 0.3) is 0 Å². The van der Waals surface area contributed by atoms with E-state index in [4.69, 9.17) is 4.74 Å². The fourth-order valence-corrected chi connectivity index (χ4v) is 2.72. The molecule has 0 atom stereocenters. The van der Waals surface area contributed by atoms with E-state index in [0.29, 0.717) is 0 Å². The van der Waals surface area contributed by atoms with Gasteiger partial charge in [-0.15, -0.1) is 11.3 Å². The van der Waals surface area contributed by atoms with Gasteiger partial charge in [0.1, 0.15) is 10.8 Å². The molecule has 0 aliphatic heterocycles. The molecular weight excluding hydrogens is 270 g/mol. The number of aryl methyl sites for hydroxylation is 1. The van der Waals surface area contributed by atoms with Gasteiger partial charge in [0, 0.05) is 17.6 Å². The molecule has 4 nitrogen and oxygen atoms in total. The van der Waals surface area contributed by atoms with Crippen molar-refractivity contribution in [3.8, 4) is 5.75 Å². The molecule has 1 aromatic carbocycles. The highest BCUT2D eigenvalue weighted by Crippen LogP contribution is 2.26. The molecule has 1 heterocycles. The summed E-state index contributed by atoms with van der Waals surface area (Å²) in [6, 6.07) is 6.24. The number of rotatable bonds is 6. The Balaban J connectivity index is 2.11. The van der Waals surface area contributed by atoms with Crippen molar-refractivity contribution in [1.82, 2.24) is 9.88 Å². The monoisotopic (exact) mass is 291 g/mol. The second kappa shape index (κ2) is 6.72. The number of aromatic nitrogens is 1. The van der Waals surface area contributed by atoms with Crippen molar-refractivity contribution in [3.05, 3.63) is 39.8 Å². The molecule has 0 saturated carbocycles. The highest BCUT2D eigenvalue weighted by atomic mass is 32.1. The van der Waals surface area contributed by atoms with Gasteiger partial charge >= 0.3 is 0 Å². The van der Waals surface area contributed by atoms with Crippen molar-refractivity contribution in [3.63, 3.8) is 0 Å². The summed E-state index contributed by atoms with van der Waals surface area (Å²) in [5, 5.41) is 6.56. The predicted molar refractivity (Wildman–Crippen MR) is 84.6 cm³/mol. The Labute approximate surface area is 124 Å². The zero-order valence-electron chi connectivity index (χ0n) is 12.4. The quantitative estimate of drug-likeness (QED) is 0.887. The van der Waals surface area contributed by atoms with Crippen LogP contribution in [0.25, 0.3) is 0 Å². The molecule has 5 heteroatoms. The molecule has 0 aliphatic carbocycles. The van der Waals surface area contributed by atoms with Crippen LogP contribution in [0.3, 0.4) is 0 Å². The third-order valence-corrected chi connectivity index (χ3v) is 3.83. The van der Waals surface area contributed by atoms with E-state index in [9.17, 15) is 0 Å². The summed E-state index contributed by atoms with van der Waals surface area (Å²) in [6.45, 7) is 3.65. The van der Waals surface area contributed by atoms with Gasteiger partial charge in [0.2, 0.25) is 0 Å². The van der Waals surface area contributed by atoms with Crippen molar-refractivity contribution in [2.75, 3.05) is 26.5 Å². The average Bonchev–Trinajstić information content (AvgIpc) is 2.82. The van der Waals surface area contributed by atoms with Gasteiger partial charge in [-0.3, -0.25) is 0 Å². The molecule has 0 saturated heterocycles. The highest BCUT2D eigenvalue weighted by molar-refractivity contribution is 7.09. The summed E-state index contributed by atoms with van der Waals surface area (Å²) in [5.74, 6) is 0.862. The summed E-state index contributed by atoms with van der Waals surface area (Å²) >= 11 is 1.67. The average molecular weight is 291 g/mol. The Bertz CT molecular complexity index is 566. The molecule has 2 aromatic rings. The Morgan fingerprint density at radius 2 is 2.15 bits per heavy atom. The minimum absolute atomic E-state index is 0.723. The topological polar surface area (TPSA) is 37.4 Å². The number of hydrogen-bond donors (Lipinski definition) is 1. The van der Waals surface area contributed by atoms with Crippen LogP contribution in [0.5, 0.6) is 5.75 Å². The van der Waals surface area contributed by atoms with Crippen LogP contribution in [0.2, 0.25) is 0 Å². The molecule has 0 radical (unpaired) electrons. The lowest BCUT2D eigenvalue weighted by Gasteiger charge is -2.14. The lowest BCUT2D eigenvalue weighted by molar-refractivity contribution is 0.400. The molecule has 0 fully saturated rings. The number of nitrogens with one attached hydrogen (secondary N) is 1. The number of thiazole rings is 1. The van der Waals surface area contributed by atoms with E-state index in [2.05, 4.69) is 46.8 Å². The third-order valence-electron chi connectivity index (χ3n) is 2.86. The fraction of sp³-hybridized carbons (Fsp3) is 0.400. The first kappa shape index (κ1) is 14.8. The van der Waals surface area contributed by atoms with E-state index in [0.717, 1.165) is 35.2 Å². The van der Waals surface area contributed by atoms with Gasteiger partial charge in [-0.05, 0) is 38.7 Å². The molecule has 0 amide bonds. The number of hydrogen-bond acceptors (Lipinski definition) is 5. The summed E-state index contributed by atoms with van der Waals surface area (Å²) < 4.78 is 5.41. The molecule has 1 N–H and O–H groups in total. The van der Waals surface area contributed by atoms with Crippen molar-refractivity contribution >= 4 is 17.0 Å². The van der Waals surface area contributed by atoms with Crippen molar-refractivity contribution in [2.24, 2.45) is 0 Å². The fourth-order valence-electron chi connectivity index (χ4n) is 2.01.